The Labute approximate surface area is 350 Å². The third-order valence-electron chi connectivity index (χ3n) is 11.9. The summed E-state index contributed by atoms with van der Waals surface area (Å²) in [7, 11) is 0. The predicted octanol–water partition coefficient (Wildman–Crippen LogP) is 16.7. The first-order chi connectivity index (χ1) is 28.2. The minimum atomic E-state index is -0.424. The molecule has 0 bridgehead atoms. The average Bonchev–Trinajstić information content (AvgIpc) is 3.38. The van der Waals surface area contributed by atoms with E-state index in [2.05, 4.69) is 13.8 Å². The van der Waals surface area contributed by atoms with E-state index in [1.165, 1.54) is 180 Å². The van der Waals surface area contributed by atoms with Crippen LogP contribution >= 0.6 is 0 Å². The molecule has 2 aromatic rings. The fraction of sp³-hybridized carbons (Fsp3) is 0.725. The van der Waals surface area contributed by atoms with Crippen LogP contribution in [0.1, 0.15) is 219 Å². The SMILES string of the molecule is CCCCCCCCCCCCCCCCCCOC(=O)N1CN(C(=O)OCCCCCCCCCCCCCCCCCC)c2ccccc2-c2ccccc21. The number of fused-ring (bicyclic) bond motifs is 3. The molecule has 0 unspecified atom stereocenters. The van der Waals surface area contributed by atoms with E-state index in [1.54, 1.807) is 9.80 Å². The van der Waals surface area contributed by atoms with Crippen LogP contribution in [0.25, 0.3) is 11.1 Å². The van der Waals surface area contributed by atoms with Gasteiger partial charge in [-0.3, -0.25) is 9.80 Å². The smallest absolute Gasteiger partial charge is 0.415 e. The van der Waals surface area contributed by atoms with Crippen molar-refractivity contribution in [3.05, 3.63) is 48.5 Å². The van der Waals surface area contributed by atoms with Gasteiger partial charge in [0.1, 0.15) is 6.67 Å². The number of nitrogens with zero attached hydrogens (tertiary/aromatic N) is 2. The van der Waals surface area contributed by atoms with Crippen molar-refractivity contribution in [1.29, 1.82) is 0 Å². The van der Waals surface area contributed by atoms with Crippen molar-refractivity contribution < 1.29 is 19.1 Å². The zero-order valence-corrected chi connectivity index (χ0v) is 36.9. The molecule has 1 aliphatic rings. The van der Waals surface area contributed by atoms with Gasteiger partial charge in [0.15, 0.2) is 0 Å². The van der Waals surface area contributed by atoms with Gasteiger partial charge < -0.3 is 9.47 Å². The van der Waals surface area contributed by atoms with Gasteiger partial charge in [0.05, 0.1) is 24.6 Å². The van der Waals surface area contributed by atoms with Crippen LogP contribution in [0.3, 0.4) is 0 Å². The standard InChI is InChI=1S/C51H84N2O4/c1-3-5-7-9-11-13-15-17-19-21-23-25-27-29-31-37-43-56-50(54)52-45-53(49-42-36-34-40-47(49)46-39-33-35-41-48(46)52)51(55)57-44-38-32-30-28-26-24-22-20-18-16-14-12-10-8-6-4-2/h33-36,39-42H,3-32,37-38,43-45H2,1-2H3. The second-order valence-electron chi connectivity index (χ2n) is 16.9. The Kier molecular flexibility index (Phi) is 27.9. The van der Waals surface area contributed by atoms with E-state index in [9.17, 15) is 9.59 Å². The maximum atomic E-state index is 13.6. The Hall–Kier alpha value is -3.02. The molecule has 0 saturated carbocycles. The van der Waals surface area contributed by atoms with E-state index in [-0.39, 0.29) is 6.67 Å². The molecular weight excluding hydrogens is 705 g/mol. The number of anilines is 2. The van der Waals surface area contributed by atoms with E-state index < -0.39 is 12.2 Å². The van der Waals surface area contributed by atoms with Gasteiger partial charge in [-0.2, -0.15) is 0 Å². The van der Waals surface area contributed by atoms with Gasteiger partial charge in [0, 0.05) is 11.1 Å². The minimum absolute atomic E-state index is 0.0452. The molecule has 1 aliphatic heterocycles. The summed E-state index contributed by atoms with van der Waals surface area (Å²) in [4.78, 5) is 30.5. The zero-order valence-electron chi connectivity index (χ0n) is 36.9. The molecule has 322 valence electrons. The first-order valence-corrected chi connectivity index (χ1v) is 24.2. The van der Waals surface area contributed by atoms with Crippen LogP contribution < -0.4 is 9.80 Å². The first kappa shape index (κ1) is 48.3. The van der Waals surface area contributed by atoms with Crippen molar-refractivity contribution >= 4 is 23.6 Å². The van der Waals surface area contributed by atoms with Crippen molar-refractivity contribution in [3.63, 3.8) is 0 Å². The van der Waals surface area contributed by atoms with Crippen molar-refractivity contribution in [3.8, 4) is 11.1 Å². The van der Waals surface area contributed by atoms with Crippen molar-refractivity contribution in [2.24, 2.45) is 0 Å². The van der Waals surface area contributed by atoms with Crippen LogP contribution in [0.5, 0.6) is 0 Å². The van der Waals surface area contributed by atoms with Gasteiger partial charge in [-0.25, -0.2) is 9.59 Å². The molecule has 0 radical (unpaired) electrons. The second kappa shape index (κ2) is 32.9. The number of hydrogen-bond acceptors (Lipinski definition) is 4. The summed E-state index contributed by atoms with van der Waals surface area (Å²) in [6.07, 6.45) is 41.0. The Bertz CT molecular complexity index is 1200. The Morgan fingerprint density at radius 1 is 0.386 bits per heavy atom. The van der Waals surface area contributed by atoms with Crippen LogP contribution in [0.2, 0.25) is 0 Å². The summed E-state index contributed by atoms with van der Waals surface area (Å²) in [5.74, 6) is 0. The highest BCUT2D eigenvalue weighted by Crippen LogP contribution is 2.41. The molecule has 1 heterocycles. The third-order valence-corrected chi connectivity index (χ3v) is 11.9. The summed E-state index contributed by atoms with van der Waals surface area (Å²) in [6, 6.07) is 15.7. The number of rotatable bonds is 34. The first-order valence-electron chi connectivity index (χ1n) is 24.2. The lowest BCUT2D eigenvalue weighted by molar-refractivity contribution is 0.146. The molecule has 6 nitrogen and oxygen atoms in total. The van der Waals surface area contributed by atoms with Gasteiger partial charge in [0.25, 0.3) is 0 Å². The molecule has 3 rings (SSSR count). The maximum absolute atomic E-state index is 13.6. The summed E-state index contributed by atoms with van der Waals surface area (Å²) < 4.78 is 11.7. The molecule has 57 heavy (non-hydrogen) atoms. The molecule has 2 aromatic carbocycles. The molecule has 0 fully saturated rings. The lowest BCUT2D eigenvalue weighted by atomic mass is 10.0. The molecule has 0 atom stereocenters. The number of benzene rings is 2. The third kappa shape index (κ3) is 21.0. The lowest BCUT2D eigenvalue weighted by Gasteiger charge is -2.27. The van der Waals surface area contributed by atoms with Crippen LogP contribution in [-0.2, 0) is 9.47 Å². The van der Waals surface area contributed by atoms with Gasteiger partial charge in [0.2, 0.25) is 0 Å². The minimum Gasteiger partial charge on any atom is -0.449 e. The number of unbranched alkanes of at least 4 members (excludes halogenated alkanes) is 30. The molecule has 6 heteroatoms. The van der Waals surface area contributed by atoms with Crippen LogP contribution in [0.4, 0.5) is 21.0 Å². The highest BCUT2D eigenvalue weighted by atomic mass is 16.6. The predicted molar refractivity (Wildman–Crippen MR) is 243 cm³/mol. The van der Waals surface area contributed by atoms with Crippen molar-refractivity contribution in [2.45, 2.75) is 219 Å². The Morgan fingerprint density at radius 2 is 0.632 bits per heavy atom. The largest absolute Gasteiger partial charge is 0.449 e. The van der Waals surface area contributed by atoms with Crippen LogP contribution in [0, 0.1) is 0 Å². The summed E-state index contributed by atoms with van der Waals surface area (Å²) in [6.45, 7) is 5.37. The molecular formula is C51H84N2O4. The fourth-order valence-electron chi connectivity index (χ4n) is 8.25. The molecule has 0 spiro atoms. The van der Waals surface area contributed by atoms with Gasteiger partial charge in [-0.1, -0.05) is 243 Å². The molecule has 0 aromatic heterocycles. The maximum Gasteiger partial charge on any atom is 0.415 e. The number of carbonyl (C=O) groups excluding carboxylic acids is 2. The highest BCUT2D eigenvalue weighted by molar-refractivity contribution is 6.03. The molecule has 0 saturated heterocycles. The number of ether oxygens (including phenoxy) is 2. The second-order valence-corrected chi connectivity index (χ2v) is 16.9. The van der Waals surface area contributed by atoms with Gasteiger partial charge in [-0.05, 0) is 25.0 Å². The van der Waals surface area contributed by atoms with E-state index in [1.807, 2.05) is 48.5 Å². The zero-order chi connectivity index (χ0) is 40.4. The normalized spacial score (nSPS) is 12.3. The Morgan fingerprint density at radius 3 is 0.912 bits per heavy atom. The van der Waals surface area contributed by atoms with Crippen LogP contribution in [-0.4, -0.2) is 32.1 Å². The average molecular weight is 789 g/mol. The van der Waals surface area contributed by atoms with E-state index >= 15 is 0 Å². The quantitative estimate of drug-likeness (QED) is 0.0663. The lowest BCUT2D eigenvalue weighted by Crippen LogP contribution is -2.44. The van der Waals surface area contributed by atoms with Crippen LogP contribution in [0.15, 0.2) is 48.5 Å². The molecule has 0 N–H and O–H groups in total. The van der Waals surface area contributed by atoms with E-state index in [4.69, 9.17) is 9.47 Å². The highest BCUT2D eigenvalue weighted by Gasteiger charge is 2.32. The van der Waals surface area contributed by atoms with Crippen molar-refractivity contribution in [1.82, 2.24) is 0 Å². The number of carbonyl (C=O) groups is 2. The number of amides is 2. The summed E-state index contributed by atoms with van der Waals surface area (Å²) in [5, 5.41) is 0. The summed E-state index contributed by atoms with van der Waals surface area (Å²) in [5.41, 5.74) is 3.30. The molecule has 2 amide bonds. The number of hydrogen-bond donors (Lipinski definition) is 0. The molecule has 0 aliphatic carbocycles. The fourth-order valence-corrected chi connectivity index (χ4v) is 8.25. The van der Waals surface area contributed by atoms with E-state index in [0.717, 1.165) is 48.2 Å². The van der Waals surface area contributed by atoms with Gasteiger partial charge >= 0.3 is 12.2 Å². The topological polar surface area (TPSA) is 59.1 Å². The number of para-hydroxylation sites is 2. The van der Waals surface area contributed by atoms with Gasteiger partial charge in [-0.15, -0.1) is 0 Å². The monoisotopic (exact) mass is 789 g/mol. The van der Waals surface area contributed by atoms with E-state index in [0.29, 0.717) is 13.2 Å². The summed E-state index contributed by atoms with van der Waals surface area (Å²) >= 11 is 0. The Balaban J connectivity index is 1.31. The van der Waals surface area contributed by atoms with Crippen molar-refractivity contribution in [2.75, 3.05) is 29.7 Å².